The molecule has 0 saturated heterocycles. The van der Waals surface area contributed by atoms with Gasteiger partial charge in [0.25, 0.3) is 0 Å². The second-order valence-electron chi connectivity index (χ2n) is 9.80. The van der Waals surface area contributed by atoms with Gasteiger partial charge in [-0.05, 0) is 24.2 Å². The van der Waals surface area contributed by atoms with E-state index in [1.807, 2.05) is 12.1 Å². The summed E-state index contributed by atoms with van der Waals surface area (Å²) in [6.07, 6.45) is 0. The smallest absolute Gasteiger partial charge is 0.164 e. The highest BCUT2D eigenvalue weighted by Crippen LogP contribution is 2.41. The van der Waals surface area contributed by atoms with Crippen LogP contribution in [0.4, 0.5) is 0 Å². The number of hydrogen-bond acceptors (Lipinski definition) is 4. The minimum atomic E-state index is -0.716. The van der Waals surface area contributed by atoms with Crippen molar-refractivity contribution in [1.29, 1.82) is 0 Å². The average Bonchev–Trinajstić information content (AvgIpc) is 3.80. The van der Waals surface area contributed by atoms with Crippen LogP contribution in [0.3, 0.4) is 0 Å². The number of para-hydroxylation sites is 3. The summed E-state index contributed by atoms with van der Waals surface area (Å²) in [7, 11) is 0. The number of aromatic nitrogens is 4. The quantitative estimate of drug-likeness (QED) is 0.209. The molecule has 9 aromatic rings. The lowest BCUT2D eigenvalue weighted by molar-refractivity contribution is 0.666. The molecule has 9 rings (SSSR count). The Hall–Kier alpha value is -6.07. The fourth-order valence-electron chi connectivity index (χ4n) is 5.36. The molecule has 0 aliphatic heterocycles. The molecule has 5 heteroatoms. The average molecular weight is 579 g/mol. The zero-order valence-electron chi connectivity index (χ0n) is 36.5. The SMILES string of the molecule is [2H]c1c([2H])c(-c2nc(-c3ccccc3)nc(-c3ccccc3)n2)c2c(oc3c(-n4c5c([2H])c([2H])c([2H])c([2H])c5c5c([2H])c([2H])c([2H])c([2H])c54)c([2H])c([2H])c([2H])c32)c1[2H]. The molecule has 6 aromatic carbocycles. The Kier molecular flexibility index (Phi) is 3.19. The van der Waals surface area contributed by atoms with Crippen LogP contribution in [-0.4, -0.2) is 19.5 Å². The van der Waals surface area contributed by atoms with E-state index < -0.39 is 90.3 Å². The second-order valence-corrected chi connectivity index (χ2v) is 9.80. The molecule has 0 N–H and O–H groups in total. The molecule has 0 bridgehead atoms. The number of fused-ring (bicyclic) bond motifs is 6. The van der Waals surface area contributed by atoms with Gasteiger partial charge in [0.15, 0.2) is 23.1 Å². The van der Waals surface area contributed by atoms with Crippen molar-refractivity contribution in [3.63, 3.8) is 0 Å². The summed E-state index contributed by atoms with van der Waals surface area (Å²) < 4.78 is 131. The van der Waals surface area contributed by atoms with E-state index in [1.54, 1.807) is 48.5 Å². The standard InChI is InChI=1S/C39H24N4O/c1-3-13-25(14-4-1)37-40-38(26-15-5-2-6-16-26)42-39(41-37)30-20-12-24-34-35(30)29-19-11-23-33(36(29)44-34)43-31-21-9-7-17-27(31)28-18-8-10-22-32(28)43/h1-24H/i7D,8D,9D,10D,11D,12D,17D,18D,19D,20D,21D,22D,23D,24D. The Morgan fingerprint density at radius 2 is 1.07 bits per heavy atom. The minimum Gasteiger partial charge on any atom is -0.454 e. The van der Waals surface area contributed by atoms with Crippen LogP contribution in [-0.2, 0) is 0 Å². The highest BCUT2D eigenvalue weighted by atomic mass is 16.3. The fourth-order valence-corrected chi connectivity index (χ4v) is 5.36. The Morgan fingerprint density at radius 1 is 0.523 bits per heavy atom. The first-order valence-corrected chi connectivity index (χ1v) is 13.5. The number of furan rings is 1. The van der Waals surface area contributed by atoms with Crippen molar-refractivity contribution < 1.29 is 23.6 Å². The molecule has 0 atom stereocenters. The van der Waals surface area contributed by atoms with Gasteiger partial charge in [-0.25, -0.2) is 15.0 Å². The molecule has 0 amide bonds. The lowest BCUT2D eigenvalue weighted by atomic mass is 10.0. The van der Waals surface area contributed by atoms with Gasteiger partial charge >= 0.3 is 0 Å². The number of benzene rings is 6. The number of nitrogens with zero attached hydrogens (tertiary/aromatic N) is 4. The van der Waals surface area contributed by atoms with E-state index in [0.717, 1.165) is 4.57 Å². The van der Waals surface area contributed by atoms with Gasteiger partial charge in [0.05, 0.1) is 35.9 Å². The highest BCUT2D eigenvalue weighted by Gasteiger charge is 2.21. The van der Waals surface area contributed by atoms with E-state index in [0.29, 0.717) is 11.1 Å². The Labute approximate surface area is 272 Å². The minimum absolute atomic E-state index is 0.130. The van der Waals surface area contributed by atoms with Crippen LogP contribution in [0.5, 0.6) is 0 Å². The molecule has 0 unspecified atom stereocenters. The molecule has 0 aliphatic rings. The summed E-state index contributed by atoms with van der Waals surface area (Å²) in [5.41, 5.74) is -0.869. The topological polar surface area (TPSA) is 56.7 Å². The summed E-state index contributed by atoms with van der Waals surface area (Å²) in [6.45, 7) is 0. The fraction of sp³-hybridized carbons (Fsp3) is 0. The molecular weight excluding hydrogens is 540 g/mol. The zero-order valence-corrected chi connectivity index (χ0v) is 22.5. The second kappa shape index (κ2) is 9.75. The summed E-state index contributed by atoms with van der Waals surface area (Å²) in [5.74, 6) is 0.254. The maximum atomic E-state index is 9.24. The van der Waals surface area contributed by atoms with Gasteiger partial charge in [0.1, 0.15) is 5.58 Å². The molecule has 5 nitrogen and oxygen atoms in total. The third kappa shape index (κ3) is 3.76. The molecule has 44 heavy (non-hydrogen) atoms. The molecule has 0 spiro atoms. The molecule has 0 saturated carbocycles. The van der Waals surface area contributed by atoms with Crippen LogP contribution in [0.2, 0.25) is 0 Å². The lowest BCUT2D eigenvalue weighted by Crippen LogP contribution is -2.00. The first-order chi connectivity index (χ1) is 27.6. The van der Waals surface area contributed by atoms with Crippen LogP contribution >= 0.6 is 0 Å². The Balaban J connectivity index is 1.51. The van der Waals surface area contributed by atoms with Crippen molar-refractivity contribution in [3.8, 4) is 39.9 Å². The largest absolute Gasteiger partial charge is 0.454 e. The summed E-state index contributed by atoms with van der Waals surface area (Å²) in [4.78, 5) is 14.1. The van der Waals surface area contributed by atoms with Crippen molar-refractivity contribution in [2.75, 3.05) is 0 Å². The van der Waals surface area contributed by atoms with Crippen molar-refractivity contribution in [2.45, 2.75) is 0 Å². The van der Waals surface area contributed by atoms with Crippen molar-refractivity contribution in [2.24, 2.45) is 0 Å². The van der Waals surface area contributed by atoms with E-state index >= 15 is 0 Å². The maximum absolute atomic E-state index is 9.24. The molecule has 0 fully saturated rings. The van der Waals surface area contributed by atoms with Gasteiger partial charge in [-0.15, -0.1) is 0 Å². The Bertz CT molecular complexity index is 3140. The van der Waals surface area contributed by atoms with Gasteiger partial charge in [-0.2, -0.15) is 0 Å². The molecule has 0 aliphatic carbocycles. The molecule has 206 valence electrons. The van der Waals surface area contributed by atoms with E-state index in [9.17, 15) is 4.11 Å². The van der Waals surface area contributed by atoms with Gasteiger partial charge < -0.3 is 8.98 Å². The third-order valence-corrected chi connectivity index (χ3v) is 7.28. The maximum Gasteiger partial charge on any atom is 0.164 e. The zero-order chi connectivity index (χ0) is 41.2. The number of rotatable bonds is 4. The van der Waals surface area contributed by atoms with Crippen LogP contribution in [0.25, 0.3) is 83.6 Å². The Morgan fingerprint density at radius 3 is 1.70 bits per heavy atom. The van der Waals surface area contributed by atoms with Gasteiger partial charge in [-0.3, -0.25) is 0 Å². The van der Waals surface area contributed by atoms with E-state index in [1.165, 1.54) is 0 Å². The van der Waals surface area contributed by atoms with Crippen molar-refractivity contribution in [1.82, 2.24) is 19.5 Å². The van der Waals surface area contributed by atoms with E-state index in [4.69, 9.17) is 34.4 Å². The van der Waals surface area contributed by atoms with Crippen LogP contribution in [0, 0.1) is 0 Å². The molecule has 3 heterocycles. The van der Waals surface area contributed by atoms with Crippen LogP contribution < -0.4 is 0 Å². The summed E-state index contributed by atoms with van der Waals surface area (Å²) in [5, 5.41) is -0.930. The van der Waals surface area contributed by atoms with Crippen molar-refractivity contribution in [3.05, 3.63) is 145 Å². The first-order valence-electron chi connectivity index (χ1n) is 20.5. The number of hydrogen-bond donors (Lipinski definition) is 0. The molecule has 0 radical (unpaired) electrons. The summed E-state index contributed by atoms with van der Waals surface area (Å²) >= 11 is 0. The van der Waals surface area contributed by atoms with Crippen LogP contribution in [0.15, 0.2) is 150 Å². The third-order valence-electron chi connectivity index (χ3n) is 7.28. The monoisotopic (exact) mass is 578 g/mol. The lowest BCUT2D eigenvalue weighted by Gasteiger charge is -2.09. The van der Waals surface area contributed by atoms with Crippen molar-refractivity contribution >= 4 is 43.7 Å². The van der Waals surface area contributed by atoms with Gasteiger partial charge in [0.2, 0.25) is 0 Å². The van der Waals surface area contributed by atoms with E-state index in [-0.39, 0.29) is 66.8 Å². The normalized spacial score (nSPS) is 16.1. The van der Waals surface area contributed by atoms with E-state index in [2.05, 4.69) is 0 Å². The summed E-state index contributed by atoms with van der Waals surface area (Å²) in [6, 6.07) is 8.78. The van der Waals surface area contributed by atoms with Crippen LogP contribution in [0.1, 0.15) is 19.2 Å². The molecular formula is C39H24N4O. The predicted octanol–water partition coefficient (Wildman–Crippen LogP) is 9.87. The highest BCUT2D eigenvalue weighted by molar-refractivity contribution is 6.15. The van der Waals surface area contributed by atoms with Gasteiger partial charge in [0, 0.05) is 38.2 Å². The first kappa shape index (κ1) is 14.4. The molecule has 3 aromatic heterocycles. The van der Waals surface area contributed by atoms with Gasteiger partial charge in [-0.1, -0.05) is 121 Å². The predicted molar refractivity (Wildman–Crippen MR) is 178 cm³/mol.